The van der Waals surface area contributed by atoms with E-state index in [0.29, 0.717) is 11.7 Å². The first kappa shape index (κ1) is 13.4. The van der Waals surface area contributed by atoms with E-state index in [1.807, 2.05) is 10.9 Å². The van der Waals surface area contributed by atoms with Gasteiger partial charge in [-0.1, -0.05) is 13.8 Å². The van der Waals surface area contributed by atoms with Crippen LogP contribution < -0.4 is 5.32 Å². The van der Waals surface area contributed by atoms with Crippen molar-refractivity contribution in [3.63, 3.8) is 0 Å². The maximum atomic E-state index is 10.8. The van der Waals surface area contributed by atoms with Crippen LogP contribution in [-0.4, -0.2) is 32.5 Å². The Morgan fingerprint density at radius 2 is 2.31 bits per heavy atom. The van der Waals surface area contributed by atoms with E-state index in [1.165, 1.54) is 5.56 Å². The van der Waals surface area contributed by atoms with Crippen molar-refractivity contribution in [3.05, 3.63) is 18.0 Å². The van der Waals surface area contributed by atoms with Crippen LogP contribution in [0.15, 0.2) is 12.4 Å². The van der Waals surface area contributed by atoms with E-state index in [4.69, 9.17) is 0 Å². The fourth-order valence-electron chi connectivity index (χ4n) is 1.42. The highest BCUT2D eigenvalue weighted by molar-refractivity contribution is 7.84. The van der Waals surface area contributed by atoms with E-state index < -0.39 is 10.8 Å². The van der Waals surface area contributed by atoms with Gasteiger partial charge in [-0.15, -0.1) is 0 Å². The number of aromatic nitrogens is 2. The molecule has 0 amide bonds. The Kier molecular flexibility index (Phi) is 5.69. The lowest BCUT2D eigenvalue weighted by atomic mass is 10.2. The van der Waals surface area contributed by atoms with Crippen molar-refractivity contribution in [2.75, 3.05) is 18.6 Å². The SMILES string of the molecule is CC(C)Cn1cc(CNCCS(C)=O)cn1. The lowest BCUT2D eigenvalue weighted by molar-refractivity contribution is 0.482. The molecule has 1 aromatic rings. The molecule has 1 atom stereocenters. The highest BCUT2D eigenvalue weighted by atomic mass is 32.2. The highest BCUT2D eigenvalue weighted by Crippen LogP contribution is 2.01. The van der Waals surface area contributed by atoms with E-state index in [2.05, 4.69) is 30.5 Å². The van der Waals surface area contributed by atoms with E-state index in [9.17, 15) is 4.21 Å². The molecule has 0 aliphatic heterocycles. The minimum atomic E-state index is -0.709. The molecule has 1 rings (SSSR count). The molecule has 0 aliphatic carbocycles. The van der Waals surface area contributed by atoms with Gasteiger partial charge in [0.15, 0.2) is 0 Å². The zero-order valence-electron chi connectivity index (χ0n) is 10.3. The van der Waals surface area contributed by atoms with Crippen molar-refractivity contribution < 1.29 is 4.21 Å². The second kappa shape index (κ2) is 6.81. The molecule has 0 saturated carbocycles. The van der Waals surface area contributed by atoms with Crippen molar-refractivity contribution in [3.8, 4) is 0 Å². The quantitative estimate of drug-likeness (QED) is 0.727. The number of nitrogens with one attached hydrogen (secondary N) is 1. The normalized spacial score (nSPS) is 13.2. The number of nitrogens with zero attached hydrogens (tertiary/aromatic N) is 2. The Balaban J connectivity index is 2.26. The Bertz CT molecular complexity index is 336. The second-order valence-corrected chi connectivity index (χ2v) is 5.97. The van der Waals surface area contributed by atoms with E-state index in [-0.39, 0.29) is 0 Å². The lowest BCUT2D eigenvalue weighted by Gasteiger charge is -2.03. The van der Waals surface area contributed by atoms with E-state index in [1.54, 1.807) is 6.26 Å². The average Bonchev–Trinajstić information content (AvgIpc) is 2.59. The van der Waals surface area contributed by atoms with Crippen LogP contribution in [0.1, 0.15) is 19.4 Å². The molecule has 4 nitrogen and oxygen atoms in total. The molecule has 5 heteroatoms. The van der Waals surface area contributed by atoms with Crippen LogP contribution in [0.4, 0.5) is 0 Å². The summed E-state index contributed by atoms with van der Waals surface area (Å²) in [7, 11) is -0.709. The molecule has 0 aromatic carbocycles. The summed E-state index contributed by atoms with van der Waals surface area (Å²) in [6, 6.07) is 0. The van der Waals surface area contributed by atoms with Gasteiger partial charge in [-0.3, -0.25) is 8.89 Å². The van der Waals surface area contributed by atoms with Crippen molar-refractivity contribution in [2.24, 2.45) is 5.92 Å². The highest BCUT2D eigenvalue weighted by Gasteiger charge is 2.00. The summed E-state index contributed by atoms with van der Waals surface area (Å²) >= 11 is 0. The predicted octanol–water partition coefficient (Wildman–Crippen LogP) is 1.01. The van der Waals surface area contributed by atoms with Crippen LogP contribution in [0.2, 0.25) is 0 Å². The predicted molar refractivity (Wildman–Crippen MR) is 67.7 cm³/mol. The Labute approximate surface area is 99.9 Å². The Morgan fingerprint density at radius 3 is 2.94 bits per heavy atom. The first-order valence-electron chi connectivity index (χ1n) is 5.60. The molecule has 0 spiro atoms. The Morgan fingerprint density at radius 1 is 1.56 bits per heavy atom. The molecule has 0 saturated heterocycles. The van der Waals surface area contributed by atoms with Gasteiger partial charge in [-0.25, -0.2) is 0 Å². The van der Waals surface area contributed by atoms with Crippen LogP contribution in [0, 0.1) is 5.92 Å². The third-order valence-corrected chi connectivity index (χ3v) is 2.91. The van der Waals surface area contributed by atoms with Gasteiger partial charge in [-0.2, -0.15) is 5.10 Å². The molecular weight excluding hydrogens is 222 g/mol. The van der Waals surface area contributed by atoms with Gasteiger partial charge in [0, 0.05) is 54.2 Å². The smallest absolute Gasteiger partial charge is 0.0534 e. The summed E-state index contributed by atoms with van der Waals surface area (Å²) in [5, 5.41) is 7.54. The summed E-state index contributed by atoms with van der Waals surface area (Å²) in [4.78, 5) is 0. The van der Waals surface area contributed by atoms with E-state index >= 15 is 0 Å². The maximum absolute atomic E-state index is 10.8. The summed E-state index contributed by atoms with van der Waals surface area (Å²) in [6.45, 7) is 6.90. The number of hydrogen-bond acceptors (Lipinski definition) is 3. The summed E-state index contributed by atoms with van der Waals surface area (Å²) < 4.78 is 12.8. The standard InChI is InChI=1S/C11H21N3OS/c1-10(2)8-14-9-11(7-13-14)6-12-4-5-16(3)15/h7,9-10,12H,4-6,8H2,1-3H3. The van der Waals surface area contributed by atoms with Crippen LogP contribution in [0.3, 0.4) is 0 Å². The van der Waals surface area contributed by atoms with Gasteiger partial charge in [0.1, 0.15) is 0 Å². The monoisotopic (exact) mass is 243 g/mol. The van der Waals surface area contributed by atoms with Crippen LogP contribution in [-0.2, 0) is 23.9 Å². The number of rotatable bonds is 7. The average molecular weight is 243 g/mol. The third-order valence-electron chi connectivity index (χ3n) is 2.13. The van der Waals surface area contributed by atoms with Crippen molar-refractivity contribution in [2.45, 2.75) is 26.9 Å². The summed E-state index contributed by atoms with van der Waals surface area (Å²) in [6.07, 6.45) is 5.68. The molecule has 1 N–H and O–H groups in total. The fraction of sp³-hybridized carbons (Fsp3) is 0.727. The van der Waals surface area contributed by atoms with E-state index in [0.717, 1.165) is 19.6 Å². The molecule has 1 heterocycles. The van der Waals surface area contributed by atoms with Gasteiger partial charge >= 0.3 is 0 Å². The molecule has 0 radical (unpaired) electrons. The molecular formula is C11H21N3OS. The molecule has 0 fully saturated rings. The summed E-state index contributed by atoms with van der Waals surface area (Å²) in [5.74, 6) is 1.32. The van der Waals surface area contributed by atoms with Crippen molar-refractivity contribution in [1.82, 2.24) is 15.1 Å². The maximum Gasteiger partial charge on any atom is 0.0534 e. The second-order valence-electron chi connectivity index (χ2n) is 4.42. The van der Waals surface area contributed by atoms with Crippen LogP contribution in [0.25, 0.3) is 0 Å². The van der Waals surface area contributed by atoms with Gasteiger partial charge in [0.05, 0.1) is 6.20 Å². The van der Waals surface area contributed by atoms with Gasteiger partial charge in [0.25, 0.3) is 0 Å². The van der Waals surface area contributed by atoms with Crippen LogP contribution in [0.5, 0.6) is 0 Å². The molecule has 16 heavy (non-hydrogen) atoms. The largest absolute Gasteiger partial charge is 0.312 e. The Hall–Kier alpha value is -0.680. The van der Waals surface area contributed by atoms with Crippen LogP contribution >= 0.6 is 0 Å². The lowest BCUT2D eigenvalue weighted by Crippen LogP contribution is -2.19. The zero-order chi connectivity index (χ0) is 12.0. The zero-order valence-corrected chi connectivity index (χ0v) is 11.1. The van der Waals surface area contributed by atoms with Gasteiger partial charge in [0.2, 0.25) is 0 Å². The van der Waals surface area contributed by atoms with Gasteiger partial charge in [-0.05, 0) is 5.92 Å². The fourth-order valence-corrected chi connectivity index (χ4v) is 1.85. The molecule has 92 valence electrons. The minimum Gasteiger partial charge on any atom is -0.312 e. The topological polar surface area (TPSA) is 46.9 Å². The van der Waals surface area contributed by atoms with Crippen molar-refractivity contribution in [1.29, 1.82) is 0 Å². The third kappa shape index (κ3) is 5.42. The number of hydrogen-bond donors (Lipinski definition) is 1. The summed E-state index contributed by atoms with van der Waals surface area (Å²) in [5.41, 5.74) is 1.18. The minimum absolute atomic E-state index is 0.614. The molecule has 1 aromatic heterocycles. The molecule has 0 bridgehead atoms. The molecule has 1 unspecified atom stereocenters. The van der Waals surface area contributed by atoms with Crippen molar-refractivity contribution >= 4 is 10.8 Å². The first-order valence-corrected chi connectivity index (χ1v) is 7.32. The van der Waals surface area contributed by atoms with Gasteiger partial charge < -0.3 is 5.32 Å². The first-order chi connectivity index (χ1) is 7.58. The molecule has 0 aliphatic rings.